The van der Waals surface area contributed by atoms with E-state index in [4.69, 9.17) is 16.3 Å². The monoisotopic (exact) mass is 483 g/mol. The molecule has 1 aromatic heterocycles. The number of pyridine rings is 1. The molecule has 7 heteroatoms. The molecule has 0 bridgehead atoms. The number of amides is 1. The van der Waals surface area contributed by atoms with Gasteiger partial charge in [-0.25, -0.2) is 0 Å². The van der Waals surface area contributed by atoms with Crippen LogP contribution in [0.5, 0.6) is 0 Å². The number of aryl methyl sites for hydroxylation is 1. The zero-order chi connectivity index (χ0) is 24.2. The van der Waals surface area contributed by atoms with E-state index in [-0.39, 0.29) is 23.7 Å². The van der Waals surface area contributed by atoms with Crippen LogP contribution >= 0.6 is 11.6 Å². The number of carbonyl (C=O) groups is 2. The second-order valence-electron chi connectivity index (χ2n) is 9.67. The van der Waals surface area contributed by atoms with Crippen molar-refractivity contribution in [2.24, 2.45) is 5.92 Å². The third-order valence-electron chi connectivity index (χ3n) is 7.07. The number of carbonyl (C=O) groups excluding carboxylic acids is 2. The standard InChI is InChI=1S/C27H34ClN3O3/c1-18-6-7-21(14-29-18)26(32)13-23-11-25(28)12-24(20(23)3)16-30-8-9-31(19(2)15-30)27(33)22-5-4-10-34-17-22/h6-7,11-12,14,19,22H,4-5,8-10,13,15-17H2,1-3H3/t19-,22-/m0/s1. The maximum Gasteiger partial charge on any atom is 0.228 e. The summed E-state index contributed by atoms with van der Waals surface area (Å²) in [6.07, 6.45) is 3.82. The lowest BCUT2D eigenvalue weighted by molar-refractivity contribution is -0.144. The van der Waals surface area contributed by atoms with Gasteiger partial charge in [-0.2, -0.15) is 0 Å². The van der Waals surface area contributed by atoms with Crippen LogP contribution in [0.25, 0.3) is 0 Å². The molecule has 2 saturated heterocycles. The maximum atomic E-state index is 13.0. The normalized spacial score (nSPS) is 21.5. The number of ether oxygens (including phenoxy) is 1. The molecule has 2 aromatic rings. The van der Waals surface area contributed by atoms with E-state index in [2.05, 4.69) is 23.7 Å². The largest absolute Gasteiger partial charge is 0.381 e. The van der Waals surface area contributed by atoms with E-state index in [9.17, 15) is 9.59 Å². The van der Waals surface area contributed by atoms with Gasteiger partial charge in [0.05, 0.1) is 12.5 Å². The number of piperazine rings is 1. The summed E-state index contributed by atoms with van der Waals surface area (Å²) in [4.78, 5) is 34.5. The minimum absolute atomic E-state index is 0.00162. The Bertz CT molecular complexity index is 1030. The minimum atomic E-state index is 0.00162. The molecular formula is C27H34ClN3O3. The Balaban J connectivity index is 1.41. The van der Waals surface area contributed by atoms with E-state index >= 15 is 0 Å². The SMILES string of the molecule is Cc1ccc(C(=O)Cc2cc(Cl)cc(CN3CCN(C(=O)[C@H]4CCCOC4)[C@@H](C)C3)c2C)cn1. The molecule has 182 valence electrons. The molecule has 2 fully saturated rings. The molecule has 34 heavy (non-hydrogen) atoms. The van der Waals surface area contributed by atoms with E-state index < -0.39 is 0 Å². The molecule has 0 radical (unpaired) electrons. The van der Waals surface area contributed by atoms with Crippen molar-refractivity contribution in [3.05, 3.63) is 63.4 Å². The zero-order valence-electron chi connectivity index (χ0n) is 20.3. The van der Waals surface area contributed by atoms with Gasteiger partial charge in [0.25, 0.3) is 0 Å². The smallest absolute Gasteiger partial charge is 0.228 e. The maximum absolute atomic E-state index is 13.0. The molecule has 0 saturated carbocycles. The number of benzene rings is 1. The van der Waals surface area contributed by atoms with Gasteiger partial charge in [-0.05, 0) is 74.6 Å². The van der Waals surface area contributed by atoms with Gasteiger partial charge in [-0.3, -0.25) is 19.5 Å². The van der Waals surface area contributed by atoms with E-state index in [1.165, 1.54) is 0 Å². The highest BCUT2D eigenvalue weighted by Crippen LogP contribution is 2.25. The highest BCUT2D eigenvalue weighted by molar-refractivity contribution is 6.30. The molecule has 2 aliphatic heterocycles. The van der Waals surface area contributed by atoms with Crippen molar-refractivity contribution in [3.8, 4) is 0 Å². The van der Waals surface area contributed by atoms with Crippen LogP contribution in [-0.2, 0) is 22.5 Å². The first-order valence-electron chi connectivity index (χ1n) is 12.2. The summed E-state index contributed by atoms with van der Waals surface area (Å²) >= 11 is 6.46. The number of hydrogen-bond acceptors (Lipinski definition) is 5. The predicted octanol–water partition coefficient (Wildman–Crippen LogP) is 4.24. The van der Waals surface area contributed by atoms with Crippen LogP contribution < -0.4 is 0 Å². The van der Waals surface area contributed by atoms with Crippen molar-refractivity contribution in [2.75, 3.05) is 32.8 Å². The lowest BCUT2D eigenvalue weighted by atomic mass is 9.95. The zero-order valence-corrected chi connectivity index (χ0v) is 21.1. The van der Waals surface area contributed by atoms with Gasteiger partial charge in [0.2, 0.25) is 5.91 Å². The second kappa shape index (κ2) is 11.0. The van der Waals surface area contributed by atoms with Crippen LogP contribution in [0.3, 0.4) is 0 Å². The fourth-order valence-corrected chi connectivity index (χ4v) is 5.23. The van der Waals surface area contributed by atoms with E-state index in [1.54, 1.807) is 6.20 Å². The molecule has 2 aliphatic rings. The van der Waals surface area contributed by atoms with Gasteiger partial charge in [0.1, 0.15) is 0 Å². The van der Waals surface area contributed by atoms with Crippen molar-refractivity contribution < 1.29 is 14.3 Å². The van der Waals surface area contributed by atoms with Gasteiger partial charge in [0.15, 0.2) is 5.78 Å². The summed E-state index contributed by atoms with van der Waals surface area (Å²) in [6.45, 7) is 10.5. The lowest BCUT2D eigenvalue weighted by Gasteiger charge is -2.42. The average Bonchev–Trinajstić information content (AvgIpc) is 2.82. The van der Waals surface area contributed by atoms with E-state index in [1.807, 2.05) is 36.1 Å². The van der Waals surface area contributed by atoms with Gasteiger partial charge in [-0.15, -0.1) is 0 Å². The number of Topliss-reactive ketones (excluding diaryl/α,β-unsaturated/α-hetero) is 1. The fraction of sp³-hybridized carbons (Fsp3) is 0.519. The highest BCUT2D eigenvalue weighted by atomic mass is 35.5. The van der Waals surface area contributed by atoms with E-state index in [0.717, 1.165) is 68.0 Å². The number of halogens is 1. The third-order valence-corrected chi connectivity index (χ3v) is 7.29. The molecule has 0 N–H and O–H groups in total. The summed E-state index contributed by atoms with van der Waals surface area (Å²) < 4.78 is 5.53. The average molecular weight is 484 g/mol. The van der Waals surface area contributed by atoms with Crippen LogP contribution in [0.4, 0.5) is 0 Å². The Hall–Kier alpha value is -2.28. The Morgan fingerprint density at radius 1 is 1.18 bits per heavy atom. The molecule has 3 heterocycles. The quantitative estimate of drug-likeness (QED) is 0.575. The summed E-state index contributed by atoms with van der Waals surface area (Å²) in [5, 5.41) is 0.643. The van der Waals surface area contributed by atoms with Crippen molar-refractivity contribution in [1.29, 1.82) is 0 Å². The Morgan fingerprint density at radius 3 is 2.65 bits per heavy atom. The van der Waals surface area contributed by atoms with Crippen molar-refractivity contribution >= 4 is 23.3 Å². The van der Waals surface area contributed by atoms with Crippen LogP contribution in [0, 0.1) is 19.8 Å². The first-order valence-corrected chi connectivity index (χ1v) is 12.5. The molecule has 4 rings (SSSR count). The molecule has 6 nitrogen and oxygen atoms in total. The molecule has 0 unspecified atom stereocenters. The first kappa shape index (κ1) is 24.8. The molecule has 0 aliphatic carbocycles. The first-order chi connectivity index (χ1) is 16.3. The van der Waals surface area contributed by atoms with Crippen LogP contribution in [-0.4, -0.2) is 65.4 Å². The summed E-state index contributed by atoms with van der Waals surface area (Å²) in [7, 11) is 0. The molecular weight excluding hydrogens is 450 g/mol. The third kappa shape index (κ3) is 5.85. The van der Waals surface area contributed by atoms with Crippen molar-refractivity contribution in [3.63, 3.8) is 0 Å². The van der Waals surface area contributed by atoms with Gasteiger partial charge >= 0.3 is 0 Å². The lowest BCUT2D eigenvalue weighted by Crippen LogP contribution is -2.55. The molecule has 0 spiro atoms. The number of rotatable bonds is 6. The predicted molar refractivity (Wildman–Crippen MR) is 133 cm³/mol. The summed E-state index contributed by atoms with van der Waals surface area (Å²) in [6, 6.07) is 7.73. The Morgan fingerprint density at radius 2 is 1.97 bits per heavy atom. The van der Waals surface area contributed by atoms with E-state index in [0.29, 0.717) is 23.6 Å². The van der Waals surface area contributed by atoms with Crippen molar-refractivity contribution in [2.45, 2.75) is 52.6 Å². The number of ketones is 1. The van der Waals surface area contributed by atoms with Gasteiger partial charge < -0.3 is 9.64 Å². The van der Waals surface area contributed by atoms with Gasteiger partial charge in [0, 0.05) is 67.7 Å². The molecule has 1 aromatic carbocycles. The fourth-order valence-electron chi connectivity index (χ4n) is 4.97. The second-order valence-corrected chi connectivity index (χ2v) is 10.1. The molecule has 2 atom stereocenters. The molecule has 1 amide bonds. The van der Waals surface area contributed by atoms with Gasteiger partial charge in [-0.1, -0.05) is 11.6 Å². The Labute approximate surface area is 207 Å². The highest BCUT2D eigenvalue weighted by Gasteiger charge is 2.33. The van der Waals surface area contributed by atoms with Crippen LogP contribution in [0.1, 0.15) is 52.5 Å². The summed E-state index contributed by atoms with van der Waals surface area (Å²) in [5.41, 5.74) is 4.69. The van der Waals surface area contributed by atoms with Crippen LogP contribution in [0.2, 0.25) is 5.02 Å². The minimum Gasteiger partial charge on any atom is -0.381 e. The van der Waals surface area contributed by atoms with Crippen LogP contribution in [0.15, 0.2) is 30.5 Å². The number of hydrogen-bond donors (Lipinski definition) is 0. The summed E-state index contributed by atoms with van der Waals surface area (Å²) in [5.74, 6) is 0.273. The topological polar surface area (TPSA) is 62.7 Å². The Kier molecular flexibility index (Phi) is 8.02. The number of nitrogens with zero attached hydrogens (tertiary/aromatic N) is 3. The van der Waals surface area contributed by atoms with Crippen molar-refractivity contribution in [1.82, 2.24) is 14.8 Å². The number of aromatic nitrogens is 1.